The van der Waals surface area contributed by atoms with Crippen molar-refractivity contribution in [1.82, 2.24) is 14.8 Å². The van der Waals surface area contributed by atoms with Gasteiger partial charge in [0.2, 0.25) is 0 Å². The first-order chi connectivity index (χ1) is 9.34. The Morgan fingerprint density at radius 3 is 2.50 bits per heavy atom. The van der Waals surface area contributed by atoms with Gasteiger partial charge in [0.1, 0.15) is 6.07 Å². The number of primary amides is 1. The zero-order chi connectivity index (χ0) is 14.9. The van der Waals surface area contributed by atoms with Crippen LogP contribution in [0.15, 0.2) is 24.5 Å². The van der Waals surface area contributed by atoms with Crippen LogP contribution >= 0.6 is 0 Å². The number of aromatic nitrogens is 3. The van der Waals surface area contributed by atoms with Crippen molar-refractivity contribution in [3.05, 3.63) is 41.3 Å². The van der Waals surface area contributed by atoms with E-state index < -0.39 is 23.3 Å². The number of rotatable bonds is 2. The topological polar surface area (TPSA) is 97.6 Å². The lowest BCUT2D eigenvalue weighted by atomic mass is 10.2. The molecule has 0 bridgehead atoms. The van der Waals surface area contributed by atoms with E-state index in [9.17, 15) is 18.0 Å². The van der Waals surface area contributed by atoms with Gasteiger partial charge in [-0.25, -0.2) is 9.67 Å². The summed E-state index contributed by atoms with van der Waals surface area (Å²) in [6.45, 7) is 0. The molecule has 0 unspecified atom stereocenters. The van der Waals surface area contributed by atoms with Crippen LogP contribution in [-0.2, 0) is 6.18 Å². The van der Waals surface area contributed by atoms with Gasteiger partial charge >= 0.3 is 6.18 Å². The lowest BCUT2D eigenvalue weighted by Gasteiger charge is -2.10. The molecule has 2 rings (SSSR count). The Labute approximate surface area is 110 Å². The van der Waals surface area contributed by atoms with Gasteiger partial charge < -0.3 is 5.73 Å². The van der Waals surface area contributed by atoms with Gasteiger partial charge in [0, 0.05) is 6.20 Å². The maximum atomic E-state index is 13.0. The Morgan fingerprint density at radius 1 is 1.35 bits per heavy atom. The quantitative estimate of drug-likeness (QED) is 0.895. The van der Waals surface area contributed by atoms with Crippen molar-refractivity contribution in [2.24, 2.45) is 5.73 Å². The van der Waals surface area contributed by atoms with Gasteiger partial charge in [-0.3, -0.25) is 4.79 Å². The minimum Gasteiger partial charge on any atom is -0.365 e. The summed E-state index contributed by atoms with van der Waals surface area (Å²) in [5, 5.41) is 12.1. The van der Waals surface area contributed by atoms with Gasteiger partial charge in [-0.1, -0.05) is 0 Å². The molecule has 2 aromatic heterocycles. The highest BCUT2D eigenvalue weighted by Crippen LogP contribution is 2.33. The highest BCUT2D eigenvalue weighted by atomic mass is 19.4. The summed E-state index contributed by atoms with van der Waals surface area (Å²) in [6.07, 6.45) is -3.00. The van der Waals surface area contributed by atoms with E-state index in [1.54, 1.807) is 6.07 Å². The molecule has 20 heavy (non-hydrogen) atoms. The summed E-state index contributed by atoms with van der Waals surface area (Å²) in [6, 6.07) is 4.26. The molecule has 0 spiro atoms. The van der Waals surface area contributed by atoms with E-state index in [0.29, 0.717) is 4.68 Å². The molecule has 2 N–H and O–H groups in total. The van der Waals surface area contributed by atoms with Crippen LogP contribution in [0.2, 0.25) is 0 Å². The Bertz CT molecular complexity index is 696. The Morgan fingerprint density at radius 2 is 2.05 bits per heavy atom. The molecule has 0 radical (unpaired) electrons. The number of nitriles is 1. The van der Waals surface area contributed by atoms with Crippen molar-refractivity contribution >= 4 is 5.91 Å². The first-order valence-electron chi connectivity index (χ1n) is 5.16. The number of carbonyl (C=O) groups is 1. The van der Waals surface area contributed by atoms with E-state index in [1.165, 1.54) is 12.1 Å². The number of hydrogen-bond donors (Lipinski definition) is 1. The highest BCUT2D eigenvalue weighted by Gasteiger charge is 2.40. The fourth-order valence-electron chi connectivity index (χ4n) is 1.55. The third-order valence-corrected chi connectivity index (χ3v) is 2.40. The molecule has 0 aliphatic heterocycles. The van der Waals surface area contributed by atoms with Gasteiger partial charge in [-0.05, 0) is 12.1 Å². The second-order valence-electron chi connectivity index (χ2n) is 3.70. The van der Waals surface area contributed by atoms with Gasteiger partial charge in [-0.2, -0.15) is 23.5 Å². The average molecular weight is 281 g/mol. The molecule has 2 heterocycles. The van der Waals surface area contributed by atoms with Crippen molar-refractivity contribution in [2.45, 2.75) is 6.18 Å². The zero-order valence-corrected chi connectivity index (χ0v) is 9.72. The summed E-state index contributed by atoms with van der Waals surface area (Å²) in [7, 11) is 0. The van der Waals surface area contributed by atoms with Crippen molar-refractivity contribution in [2.75, 3.05) is 0 Å². The predicted octanol–water partition coefficient (Wildman–Crippen LogP) is 1.26. The largest absolute Gasteiger partial charge is 0.434 e. The van der Waals surface area contributed by atoms with E-state index in [4.69, 9.17) is 11.0 Å². The molecule has 0 aromatic carbocycles. The van der Waals surface area contributed by atoms with Gasteiger partial charge in [0.05, 0.1) is 17.3 Å². The van der Waals surface area contributed by atoms with Crippen molar-refractivity contribution in [1.29, 1.82) is 5.26 Å². The van der Waals surface area contributed by atoms with E-state index in [-0.39, 0.29) is 11.4 Å². The van der Waals surface area contributed by atoms with Gasteiger partial charge in [-0.15, -0.1) is 0 Å². The molecular weight excluding hydrogens is 275 g/mol. The zero-order valence-electron chi connectivity index (χ0n) is 9.72. The van der Waals surface area contributed by atoms with Crippen LogP contribution in [0.25, 0.3) is 5.82 Å². The second kappa shape index (κ2) is 4.65. The van der Waals surface area contributed by atoms with E-state index in [0.717, 1.165) is 12.4 Å². The fourth-order valence-corrected chi connectivity index (χ4v) is 1.55. The van der Waals surface area contributed by atoms with Crippen molar-refractivity contribution < 1.29 is 18.0 Å². The fraction of sp³-hybridized carbons (Fsp3) is 0.0909. The third kappa shape index (κ3) is 2.31. The van der Waals surface area contributed by atoms with Crippen LogP contribution in [0.3, 0.4) is 0 Å². The smallest absolute Gasteiger partial charge is 0.365 e. The maximum absolute atomic E-state index is 13.0. The number of halogens is 3. The second-order valence-corrected chi connectivity index (χ2v) is 3.70. The average Bonchev–Trinajstić information content (AvgIpc) is 2.83. The molecule has 6 nitrogen and oxygen atoms in total. The van der Waals surface area contributed by atoms with Crippen molar-refractivity contribution in [3.63, 3.8) is 0 Å². The van der Waals surface area contributed by atoms with Crippen LogP contribution in [0.5, 0.6) is 0 Å². The van der Waals surface area contributed by atoms with Crippen LogP contribution in [0.1, 0.15) is 21.6 Å². The molecule has 0 atom stereocenters. The first kappa shape index (κ1) is 13.5. The van der Waals surface area contributed by atoms with Crippen LogP contribution in [-0.4, -0.2) is 20.7 Å². The van der Waals surface area contributed by atoms with Crippen molar-refractivity contribution in [3.8, 4) is 11.9 Å². The molecular formula is C11H6F3N5O. The lowest BCUT2D eigenvalue weighted by Crippen LogP contribution is -2.21. The molecule has 102 valence electrons. The minimum atomic E-state index is -4.82. The number of amides is 1. The van der Waals surface area contributed by atoms with Crippen LogP contribution in [0.4, 0.5) is 13.2 Å². The van der Waals surface area contributed by atoms with E-state index >= 15 is 0 Å². The highest BCUT2D eigenvalue weighted by molar-refractivity contribution is 5.94. The minimum absolute atomic E-state index is 0.177. The number of carbonyl (C=O) groups excluding carboxylic acids is 1. The number of pyridine rings is 1. The Balaban J connectivity index is 2.62. The van der Waals surface area contributed by atoms with E-state index in [2.05, 4.69) is 10.1 Å². The number of alkyl halides is 3. The SMILES string of the molecule is N#Cc1ccc(-n2ncc(C(N)=O)c2C(F)(F)F)nc1. The summed E-state index contributed by atoms with van der Waals surface area (Å²) in [4.78, 5) is 14.7. The predicted molar refractivity (Wildman–Crippen MR) is 59.6 cm³/mol. The van der Waals surface area contributed by atoms with Gasteiger partial charge in [0.25, 0.3) is 5.91 Å². The summed E-state index contributed by atoms with van der Waals surface area (Å²) >= 11 is 0. The molecule has 0 fully saturated rings. The Hall–Kier alpha value is -2.89. The molecule has 0 saturated heterocycles. The Kier molecular flexibility index (Phi) is 3.15. The number of nitrogens with two attached hydrogens (primary N) is 1. The molecule has 9 heteroatoms. The summed E-state index contributed by atoms with van der Waals surface area (Å²) < 4.78 is 39.4. The van der Waals surface area contributed by atoms with Crippen LogP contribution in [0, 0.1) is 11.3 Å². The molecule has 0 saturated carbocycles. The van der Waals surface area contributed by atoms with Crippen LogP contribution < -0.4 is 5.73 Å². The molecule has 1 amide bonds. The number of hydrogen-bond acceptors (Lipinski definition) is 4. The summed E-state index contributed by atoms with van der Waals surface area (Å²) in [5.41, 5.74) is 3.03. The van der Waals surface area contributed by atoms with E-state index in [1.807, 2.05) is 0 Å². The third-order valence-electron chi connectivity index (χ3n) is 2.40. The molecule has 0 aliphatic rings. The first-order valence-corrected chi connectivity index (χ1v) is 5.16. The van der Waals surface area contributed by atoms with Gasteiger partial charge in [0.15, 0.2) is 11.5 Å². The number of nitrogens with zero attached hydrogens (tertiary/aromatic N) is 4. The maximum Gasteiger partial charge on any atom is 0.434 e. The molecule has 2 aromatic rings. The molecule has 0 aliphatic carbocycles. The monoisotopic (exact) mass is 281 g/mol. The normalized spacial score (nSPS) is 11.1. The summed E-state index contributed by atoms with van der Waals surface area (Å²) in [5.74, 6) is -1.42. The lowest BCUT2D eigenvalue weighted by molar-refractivity contribution is -0.143. The standard InChI is InChI=1S/C11H6F3N5O/c12-11(13,14)9-7(10(16)20)5-18-19(9)8-2-1-6(3-15)4-17-8/h1-2,4-5H,(H2,16,20).